The highest BCUT2D eigenvalue weighted by molar-refractivity contribution is 5.79. The number of hydrogen-bond donors (Lipinski definition) is 3. The quantitative estimate of drug-likeness (QED) is 0.577. The molecular weight excluding hydrogens is 278 g/mol. The van der Waals surface area contributed by atoms with Gasteiger partial charge in [-0.2, -0.15) is 0 Å². The number of rotatable bonds is 7. The lowest BCUT2D eigenvalue weighted by Gasteiger charge is -2.25. The smallest absolute Gasteiger partial charge is 0.315 e. The van der Waals surface area contributed by atoms with E-state index in [1.807, 2.05) is 0 Å². The molecule has 1 aliphatic rings. The average Bonchev–Trinajstić information content (AvgIpc) is 2.71. The number of carboxylic acids is 1. The largest absolute Gasteiger partial charge is 0.481 e. The van der Waals surface area contributed by atoms with Crippen molar-refractivity contribution in [1.29, 1.82) is 0 Å². The van der Waals surface area contributed by atoms with E-state index in [0.29, 0.717) is 0 Å². The van der Waals surface area contributed by atoms with Crippen molar-refractivity contribution in [1.82, 2.24) is 10.6 Å². The first kappa shape index (κ1) is 16.6. The van der Waals surface area contributed by atoms with Crippen LogP contribution in [0, 0.1) is 5.41 Å². The summed E-state index contributed by atoms with van der Waals surface area (Å²) >= 11 is 0. The minimum absolute atomic E-state index is 0.0186. The minimum Gasteiger partial charge on any atom is -0.481 e. The second kappa shape index (κ2) is 7.34. The van der Waals surface area contributed by atoms with Crippen LogP contribution in [0.25, 0.3) is 0 Å². The van der Waals surface area contributed by atoms with Crippen LogP contribution >= 0.6 is 0 Å². The molecule has 116 valence electrons. The van der Waals surface area contributed by atoms with Crippen LogP contribution in [-0.4, -0.2) is 62.5 Å². The molecule has 0 aromatic heterocycles. The lowest BCUT2D eigenvalue weighted by atomic mass is 9.85. The predicted molar refractivity (Wildman–Crippen MR) is 63.7 cm³/mol. The maximum absolute atomic E-state index is 11.8. The Kier molecular flexibility index (Phi) is 6.08. The topological polar surface area (TPSA) is 96.9 Å². The maximum Gasteiger partial charge on any atom is 0.315 e. The Hall–Kier alpha value is -1.48. The van der Waals surface area contributed by atoms with E-state index in [4.69, 9.17) is 9.84 Å². The van der Waals surface area contributed by atoms with Crippen LogP contribution in [0.4, 0.5) is 13.6 Å². The summed E-state index contributed by atoms with van der Waals surface area (Å²) in [6, 6.07) is -1.24. The van der Waals surface area contributed by atoms with Crippen molar-refractivity contribution in [3.63, 3.8) is 0 Å². The first-order valence-electron chi connectivity index (χ1n) is 6.07. The third-order valence-corrected chi connectivity index (χ3v) is 3.03. The van der Waals surface area contributed by atoms with Gasteiger partial charge in [-0.1, -0.05) is 0 Å². The van der Waals surface area contributed by atoms with Gasteiger partial charge in [-0.25, -0.2) is 13.6 Å². The fourth-order valence-electron chi connectivity index (χ4n) is 1.70. The van der Waals surface area contributed by atoms with Crippen molar-refractivity contribution in [2.75, 3.05) is 33.0 Å². The van der Waals surface area contributed by atoms with Gasteiger partial charge in [-0.3, -0.25) is 4.79 Å². The minimum atomic E-state index is -2.55. The van der Waals surface area contributed by atoms with Crippen molar-refractivity contribution in [2.24, 2.45) is 5.41 Å². The number of amides is 2. The standard InChI is InChI=1S/C11H18F2N2O5/c1-11(9(16)17)6-20-4-7(11)15-10(18)14-2-3-19-5-8(12)13/h7-8H,2-6H2,1H3,(H,16,17)(H2,14,15,18). The number of aliphatic carboxylic acids is 1. The Bertz CT molecular complexity index is 356. The Labute approximate surface area is 114 Å². The van der Waals surface area contributed by atoms with Crippen LogP contribution in [0.1, 0.15) is 6.92 Å². The van der Waals surface area contributed by atoms with Gasteiger partial charge < -0.3 is 25.2 Å². The maximum atomic E-state index is 11.8. The molecule has 9 heteroatoms. The molecule has 3 N–H and O–H groups in total. The Morgan fingerprint density at radius 1 is 1.55 bits per heavy atom. The molecule has 1 rings (SSSR count). The summed E-state index contributed by atoms with van der Waals surface area (Å²) in [6.45, 7) is 0.934. The summed E-state index contributed by atoms with van der Waals surface area (Å²) in [4.78, 5) is 22.7. The second-order valence-corrected chi connectivity index (χ2v) is 4.66. The van der Waals surface area contributed by atoms with Gasteiger partial charge in [0.2, 0.25) is 0 Å². The van der Waals surface area contributed by atoms with Gasteiger partial charge in [0.25, 0.3) is 6.43 Å². The monoisotopic (exact) mass is 296 g/mol. The highest BCUT2D eigenvalue weighted by Crippen LogP contribution is 2.28. The van der Waals surface area contributed by atoms with Crippen LogP contribution in [0.15, 0.2) is 0 Å². The molecule has 0 saturated carbocycles. The van der Waals surface area contributed by atoms with E-state index in [1.54, 1.807) is 0 Å². The Morgan fingerprint density at radius 3 is 2.85 bits per heavy atom. The van der Waals surface area contributed by atoms with Crippen molar-refractivity contribution >= 4 is 12.0 Å². The lowest BCUT2D eigenvalue weighted by Crippen LogP contribution is -2.52. The average molecular weight is 296 g/mol. The number of carbonyl (C=O) groups is 2. The zero-order valence-electron chi connectivity index (χ0n) is 11.0. The molecule has 2 amide bonds. The van der Waals surface area contributed by atoms with E-state index in [1.165, 1.54) is 6.92 Å². The summed E-state index contributed by atoms with van der Waals surface area (Å²) in [6.07, 6.45) is -2.55. The highest BCUT2D eigenvalue weighted by Gasteiger charge is 2.47. The number of nitrogens with one attached hydrogen (secondary N) is 2. The number of alkyl halides is 2. The summed E-state index contributed by atoms with van der Waals surface area (Å²) in [5, 5.41) is 14.0. The first-order chi connectivity index (χ1) is 9.36. The zero-order chi connectivity index (χ0) is 15.2. The molecule has 1 aliphatic heterocycles. The Balaban J connectivity index is 2.27. The number of halogens is 2. The van der Waals surface area contributed by atoms with E-state index in [9.17, 15) is 18.4 Å². The zero-order valence-corrected chi connectivity index (χ0v) is 11.0. The Morgan fingerprint density at radius 2 is 2.25 bits per heavy atom. The molecule has 1 heterocycles. The molecule has 0 aromatic carbocycles. The number of urea groups is 1. The second-order valence-electron chi connectivity index (χ2n) is 4.66. The molecule has 7 nitrogen and oxygen atoms in total. The molecule has 1 fully saturated rings. The number of carboxylic acid groups (broad SMARTS) is 1. The molecule has 0 spiro atoms. The van der Waals surface area contributed by atoms with E-state index in [2.05, 4.69) is 15.4 Å². The molecule has 0 bridgehead atoms. The van der Waals surface area contributed by atoms with Gasteiger partial charge in [-0.15, -0.1) is 0 Å². The fraction of sp³-hybridized carbons (Fsp3) is 0.818. The van der Waals surface area contributed by atoms with E-state index < -0.39 is 36.5 Å². The van der Waals surface area contributed by atoms with Crippen molar-refractivity contribution in [3.05, 3.63) is 0 Å². The van der Waals surface area contributed by atoms with E-state index in [0.717, 1.165) is 0 Å². The normalized spacial score (nSPS) is 25.7. The number of ether oxygens (including phenoxy) is 2. The van der Waals surface area contributed by atoms with Crippen molar-refractivity contribution in [2.45, 2.75) is 19.4 Å². The van der Waals surface area contributed by atoms with Gasteiger partial charge in [0.05, 0.1) is 25.9 Å². The van der Waals surface area contributed by atoms with Gasteiger partial charge in [0.15, 0.2) is 0 Å². The third kappa shape index (κ3) is 4.57. The molecule has 0 aromatic rings. The molecule has 1 saturated heterocycles. The van der Waals surface area contributed by atoms with Gasteiger partial charge in [0.1, 0.15) is 12.0 Å². The molecule has 2 unspecified atom stereocenters. The third-order valence-electron chi connectivity index (χ3n) is 3.03. The van der Waals surface area contributed by atoms with Crippen LogP contribution in [0.3, 0.4) is 0 Å². The number of carbonyl (C=O) groups excluding carboxylic acids is 1. The van der Waals surface area contributed by atoms with Crippen LogP contribution < -0.4 is 10.6 Å². The highest BCUT2D eigenvalue weighted by atomic mass is 19.3. The lowest BCUT2D eigenvalue weighted by molar-refractivity contribution is -0.148. The van der Waals surface area contributed by atoms with Crippen LogP contribution in [0.2, 0.25) is 0 Å². The van der Waals surface area contributed by atoms with E-state index >= 15 is 0 Å². The predicted octanol–water partition coefficient (Wildman–Crippen LogP) is 0.0570. The van der Waals surface area contributed by atoms with E-state index in [-0.39, 0.29) is 26.4 Å². The summed E-state index contributed by atoms with van der Waals surface area (Å²) < 4.78 is 33.2. The molecule has 2 atom stereocenters. The summed E-state index contributed by atoms with van der Waals surface area (Å²) in [5.41, 5.74) is -1.18. The van der Waals surface area contributed by atoms with Gasteiger partial charge in [-0.05, 0) is 6.92 Å². The SMILES string of the molecule is CC1(C(=O)O)COCC1NC(=O)NCCOCC(F)F. The van der Waals surface area contributed by atoms with Crippen LogP contribution in [0.5, 0.6) is 0 Å². The van der Waals surface area contributed by atoms with Crippen LogP contribution in [-0.2, 0) is 14.3 Å². The molecule has 0 radical (unpaired) electrons. The molecular formula is C11H18F2N2O5. The van der Waals surface area contributed by atoms with Gasteiger partial charge >= 0.3 is 12.0 Å². The fourth-order valence-corrected chi connectivity index (χ4v) is 1.70. The molecule has 20 heavy (non-hydrogen) atoms. The molecule has 0 aliphatic carbocycles. The first-order valence-corrected chi connectivity index (χ1v) is 6.07. The summed E-state index contributed by atoms with van der Waals surface area (Å²) in [5.74, 6) is -1.06. The van der Waals surface area contributed by atoms with Gasteiger partial charge in [0, 0.05) is 6.54 Å². The number of hydrogen-bond acceptors (Lipinski definition) is 4. The summed E-state index contributed by atoms with van der Waals surface area (Å²) in [7, 11) is 0. The van der Waals surface area contributed by atoms with Crippen molar-refractivity contribution in [3.8, 4) is 0 Å². The van der Waals surface area contributed by atoms with Crippen molar-refractivity contribution < 1.29 is 33.0 Å².